The number of ether oxygens (including phenoxy) is 1. The molecule has 0 radical (unpaired) electrons. The summed E-state index contributed by atoms with van der Waals surface area (Å²) in [4.78, 5) is 11.5. The monoisotopic (exact) mass is 348 g/mol. The molecule has 1 aromatic carbocycles. The number of phenols is 2. The normalized spacial score (nSPS) is 30.5. The van der Waals surface area contributed by atoms with Crippen molar-refractivity contribution in [2.45, 2.75) is 32.1 Å². The van der Waals surface area contributed by atoms with E-state index in [4.69, 9.17) is 16.3 Å². The summed E-state index contributed by atoms with van der Waals surface area (Å²) in [6, 6.07) is 1.10. The second-order valence-electron chi connectivity index (χ2n) is 7.43. The number of hydrogen-bond donors (Lipinski definition) is 2. The van der Waals surface area contributed by atoms with Gasteiger partial charge >= 0.3 is 0 Å². The van der Waals surface area contributed by atoms with Gasteiger partial charge in [0, 0.05) is 6.07 Å². The molecule has 4 aliphatic rings. The number of halogens is 1. The highest BCUT2D eigenvalue weighted by molar-refractivity contribution is 6.34. The SMILES string of the molecule is COC(=C1C2CC3CC(C2)CC1C3)c1c(Cl)c(O)cc(O)c1C=O. The lowest BCUT2D eigenvalue weighted by Crippen LogP contribution is -2.41. The molecule has 2 N–H and O–H groups in total. The van der Waals surface area contributed by atoms with Gasteiger partial charge in [0.2, 0.25) is 0 Å². The van der Waals surface area contributed by atoms with Gasteiger partial charge in [-0.15, -0.1) is 0 Å². The quantitative estimate of drug-likeness (QED) is 0.628. The second-order valence-corrected chi connectivity index (χ2v) is 7.81. The third-order valence-corrected chi connectivity index (χ3v) is 6.47. The number of allylic oxidation sites excluding steroid dienone is 1. The Bertz CT molecular complexity index is 707. The summed E-state index contributed by atoms with van der Waals surface area (Å²) in [5.41, 5.74) is 1.63. The smallest absolute Gasteiger partial charge is 0.154 e. The summed E-state index contributed by atoms with van der Waals surface area (Å²) >= 11 is 6.30. The molecule has 0 unspecified atom stereocenters. The van der Waals surface area contributed by atoms with Crippen molar-refractivity contribution in [2.75, 3.05) is 7.11 Å². The van der Waals surface area contributed by atoms with Gasteiger partial charge in [0.05, 0.1) is 23.3 Å². The van der Waals surface area contributed by atoms with Crippen molar-refractivity contribution in [3.05, 3.63) is 27.8 Å². The summed E-state index contributed by atoms with van der Waals surface area (Å²) in [7, 11) is 1.57. The van der Waals surface area contributed by atoms with E-state index in [-0.39, 0.29) is 22.1 Å². The fourth-order valence-electron chi connectivity index (χ4n) is 5.41. The zero-order chi connectivity index (χ0) is 17.0. The van der Waals surface area contributed by atoms with E-state index in [9.17, 15) is 15.0 Å². The van der Waals surface area contributed by atoms with Crippen molar-refractivity contribution in [1.29, 1.82) is 0 Å². The van der Waals surface area contributed by atoms with E-state index in [1.54, 1.807) is 7.11 Å². The van der Waals surface area contributed by atoms with Crippen LogP contribution in [0.15, 0.2) is 11.6 Å². The first-order valence-electron chi connectivity index (χ1n) is 8.51. The van der Waals surface area contributed by atoms with Crippen molar-refractivity contribution < 1.29 is 19.7 Å². The van der Waals surface area contributed by atoms with E-state index < -0.39 is 0 Å². The molecule has 4 saturated carbocycles. The summed E-state index contributed by atoms with van der Waals surface area (Å²) in [6.45, 7) is 0. The lowest BCUT2D eigenvalue weighted by Gasteiger charge is -2.51. The van der Waals surface area contributed by atoms with Crippen molar-refractivity contribution >= 4 is 23.6 Å². The third-order valence-electron chi connectivity index (χ3n) is 6.09. The van der Waals surface area contributed by atoms with Crippen LogP contribution in [0.1, 0.15) is 48.0 Å². The Balaban J connectivity index is 1.93. The maximum absolute atomic E-state index is 11.5. The molecule has 0 saturated heterocycles. The average molecular weight is 349 g/mol. The highest BCUT2D eigenvalue weighted by Crippen LogP contribution is 2.58. The Labute approximate surface area is 146 Å². The lowest BCUT2D eigenvalue weighted by atomic mass is 9.54. The average Bonchev–Trinajstić information content (AvgIpc) is 2.54. The van der Waals surface area contributed by atoms with Gasteiger partial charge < -0.3 is 14.9 Å². The summed E-state index contributed by atoms with van der Waals surface area (Å²) in [6.07, 6.45) is 6.56. The lowest BCUT2D eigenvalue weighted by molar-refractivity contribution is 0.0675. The minimum absolute atomic E-state index is 0.0630. The van der Waals surface area contributed by atoms with Crippen LogP contribution >= 0.6 is 11.6 Å². The topological polar surface area (TPSA) is 66.8 Å². The Morgan fingerprint density at radius 2 is 1.71 bits per heavy atom. The van der Waals surface area contributed by atoms with Crippen molar-refractivity contribution in [3.63, 3.8) is 0 Å². The molecule has 128 valence electrons. The first-order chi connectivity index (χ1) is 11.5. The van der Waals surface area contributed by atoms with Crippen LogP contribution in [0.5, 0.6) is 11.5 Å². The largest absolute Gasteiger partial charge is 0.507 e. The van der Waals surface area contributed by atoms with Crippen LogP contribution in [-0.4, -0.2) is 23.6 Å². The summed E-state index contributed by atoms with van der Waals surface area (Å²) < 4.78 is 5.71. The van der Waals surface area contributed by atoms with Gasteiger partial charge in [0.15, 0.2) is 6.29 Å². The Hall–Kier alpha value is -1.68. The van der Waals surface area contributed by atoms with E-state index in [0.717, 1.165) is 43.6 Å². The van der Waals surface area contributed by atoms with Gasteiger partial charge in [0.25, 0.3) is 0 Å². The number of carbonyl (C=O) groups is 1. The Kier molecular flexibility index (Phi) is 3.75. The van der Waals surface area contributed by atoms with Gasteiger partial charge in [-0.25, -0.2) is 0 Å². The number of hydrogen-bond acceptors (Lipinski definition) is 4. The molecular weight excluding hydrogens is 328 g/mol. The number of aldehydes is 1. The van der Waals surface area contributed by atoms with Crippen molar-refractivity contribution in [3.8, 4) is 11.5 Å². The van der Waals surface area contributed by atoms with E-state index >= 15 is 0 Å². The first kappa shape index (κ1) is 15.8. The molecule has 4 aliphatic carbocycles. The van der Waals surface area contributed by atoms with E-state index in [0.29, 0.717) is 29.4 Å². The molecule has 0 amide bonds. The Morgan fingerprint density at radius 1 is 1.12 bits per heavy atom. The number of carbonyl (C=O) groups excluding carboxylic acids is 1. The molecule has 0 aliphatic heterocycles. The predicted octanol–water partition coefficient (Wildman–Crippen LogP) is 4.38. The molecule has 4 bridgehead atoms. The molecule has 5 heteroatoms. The molecule has 24 heavy (non-hydrogen) atoms. The number of benzene rings is 1. The summed E-state index contributed by atoms with van der Waals surface area (Å²) in [5.74, 6) is 2.56. The third kappa shape index (κ3) is 2.23. The molecule has 1 aromatic rings. The van der Waals surface area contributed by atoms with Crippen LogP contribution in [0.25, 0.3) is 5.76 Å². The molecule has 5 rings (SSSR count). The van der Waals surface area contributed by atoms with E-state index in [2.05, 4.69) is 0 Å². The van der Waals surface area contributed by atoms with Crippen LogP contribution in [0.4, 0.5) is 0 Å². The maximum Gasteiger partial charge on any atom is 0.154 e. The number of rotatable bonds is 3. The van der Waals surface area contributed by atoms with Crippen LogP contribution in [0.3, 0.4) is 0 Å². The number of aromatic hydroxyl groups is 2. The number of methoxy groups -OCH3 is 1. The van der Waals surface area contributed by atoms with Gasteiger partial charge in [-0.1, -0.05) is 11.6 Å². The predicted molar refractivity (Wildman–Crippen MR) is 91.1 cm³/mol. The van der Waals surface area contributed by atoms with Gasteiger partial charge in [-0.3, -0.25) is 4.79 Å². The molecule has 4 fully saturated rings. The summed E-state index contributed by atoms with van der Waals surface area (Å²) in [5, 5.41) is 20.1. The van der Waals surface area contributed by atoms with Gasteiger partial charge in [-0.2, -0.15) is 0 Å². The second kappa shape index (κ2) is 5.69. The fraction of sp³-hybridized carbons (Fsp3) is 0.526. The highest BCUT2D eigenvalue weighted by Gasteiger charge is 2.47. The van der Waals surface area contributed by atoms with Crippen LogP contribution in [-0.2, 0) is 4.74 Å². The molecule has 0 spiro atoms. The molecule has 0 heterocycles. The highest BCUT2D eigenvalue weighted by atomic mass is 35.5. The number of phenolic OH excluding ortho intramolecular Hbond substituents is 2. The van der Waals surface area contributed by atoms with Crippen LogP contribution in [0.2, 0.25) is 5.02 Å². The molecular formula is C19H21ClO4. The maximum atomic E-state index is 11.5. The zero-order valence-electron chi connectivity index (χ0n) is 13.6. The minimum atomic E-state index is -0.277. The van der Waals surface area contributed by atoms with Crippen molar-refractivity contribution in [1.82, 2.24) is 0 Å². The van der Waals surface area contributed by atoms with Crippen LogP contribution < -0.4 is 0 Å². The minimum Gasteiger partial charge on any atom is -0.507 e. The van der Waals surface area contributed by atoms with Gasteiger partial charge in [0.1, 0.15) is 17.3 Å². The fourth-order valence-corrected chi connectivity index (χ4v) is 5.66. The molecule has 4 nitrogen and oxygen atoms in total. The van der Waals surface area contributed by atoms with Crippen molar-refractivity contribution in [2.24, 2.45) is 23.7 Å². The zero-order valence-corrected chi connectivity index (χ0v) is 14.3. The first-order valence-corrected chi connectivity index (χ1v) is 8.89. The van der Waals surface area contributed by atoms with E-state index in [1.807, 2.05) is 0 Å². The van der Waals surface area contributed by atoms with E-state index in [1.165, 1.54) is 12.0 Å². The Morgan fingerprint density at radius 3 is 2.21 bits per heavy atom. The molecule has 0 atom stereocenters. The van der Waals surface area contributed by atoms with Crippen LogP contribution in [0, 0.1) is 23.7 Å². The van der Waals surface area contributed by atoms with Gasteiger partial charge in [-0.05, 0) is 61.3 Å². The standard InChI is InChI=1S/C19H21ClO4/c1-24-19(17-13(8-21)14(22)7-15(23)18(17)20)16-11-3-9-2-10(5-11)6-12(16)4-9/h7-12,22-23H,2-6H2,1H3. The molecule has 0 aromatic heterocycles.